The van der Waals surface area contributed by atoms with E-state index in [4.69, 9.17) is 9.47 Å². The number of methoxy groups -OCH3 is 2. The summed E-state index contributed by atoms with van der Waals surface area (Å²) in [4.78, 5) is 20.6. The van der Waals surface area contributed by atoms with Gasteiger partial charge in [-0.2, -0.15) is 0 Å². The summed E-state index contributed by atoms with van der Waals surface area (Å²) in [7, 11) is 3.22. The van der Waals surface area contributed by atoms with E-state index in [1.807, 2.05) is 48.5 Å². The molecular weight excluding hydrogens is 344 g/mol. The highest BCUT2D eigenvalue weighted by molar-refractivity contribution is 5.92. The van der Waals surface area contributed by atoms with Crippen molar-refractivity contribution in [2.75, 3.05) is 19.5 Å². The zero-order chi connectivity index (χ0) is 19.1. The quantitative estimate of drug-likeness (QED) is 0.670. The molecule has 3 rings (SSSR count). The van der Waals surface area contributed by atoms with Gasteiger partial charge >= 0.3 is 0 Å². The molecule has 7 heteroatoms. The zero-order valence-electron chi connectivity index (χ0n) is 15.1. The summed E-state index contributed by atoms with van der Waals surface area (Å²) in [5.41, 5.74) is 2.04. The lowest BCUT2D eigenvalue weighted by atomic mass is 10.2. The first kappa shape index (κ1) is 18.2. The summed E-state index contributed by atoms with van der Waals surface area (Å²) in [6.07, 6.45) is 2.95. The Hall–Kier alpha value is -3.61. The minimum atomic E-state index is -0.286. The molecule has 27 heavy (non-hydrogen) atoms. The van der Waals surface area contributed by atoms with E-state index in [1.54, 1.807) is 14.2 Å². The molecule has 0 atom stereocenters. The first-order valence-corrected chi connectivity index (χ1v) is 8.32. The Morgan fingerprint density at radius 2 is 1.74 bits per heavy atom. The van der Waals surface area contributed by atoms with Crippen molar-refractivity contribution in [3.8, 4) is 11.5 Å². The smallest absolute Gasteiger partial charge is 0.271 e. The topological polar surface area (TPSA) is 85.4 Å². The lowest BCUT2D eigenvalue weighted by Gasteiger charge is -2.08. The molecule has 1 amide bonds. The van der Waals surface area contributed by atoms with Gasteiger partial charge in [0, 0.05) is 18.3 Å². The number of carbonyl (C=O) groups is 1. The van der Waals surface area contributed by atoms with Crippen molar-refractivity contribution < 1.29 is 14.3 Å². The lowest BCUT2D eigenvalue weighted by Crippen LogP contribution is -2.24. The molecule has 2 N–H and O–H groups in total. The predicted octanol–water partition coefficient (Wildman–Crippen LogP) is 3.17. The largest absolute Gasteiger partial charge is 0.497 e. The second-order valence-electron chi connectivity index (χ2n) is 5.67. The molecular formula is C20H20N4O3. The molecule has 2 aromatic carbocycles. The normalized spacial score (nSPS) is 10.1. The number of aromatic nitrogens is 2. The molecule has 7 nitrogen and oxygen atoms in total. The van der Waals surface area contributed by atoms with Gasteiger partial charge in [0.05, 0.1) is 26.6 Å². The number of benzene rings is 2. The fraction of sp³-hybridized carbons (Fsp3) is 0.150. The van der Waals surface area contributed by atoms with Gasteiger partial charge in [0.1, 0.15) is 23.0 Å². The minimum absolute atomic E-state index is 0.250. The number of nitrogens with one attached hydrogen (secondary N) is 2. The van der Waals surface area contributed by atoms with E-state index >= 15 is 0 Å². The average molecular weight is 364 g/mol. The molecule has 0 saturated heterocycles. The van der Waals surface area contributed by atoms with Crippen molar-refractivity contribution in [1.29, 1.82) is 0 Å². The van der Waals surface area contributed by atoms with Crippen LogP contribution in [0.15, 0.2) is 60.9 Å². The molecule has 0 aliphatic carbocycles. The fourth-order valence-electron chi connectivity index (χ4n) is 2.37. The van der Waals surface area contributed by atoms with Gasteiger partial charge in [-0.05, 0) is 29.8 Å². The molecule has 0 aliphatic rings. The van der Waals surface area contributed by atoms with Crippen molar-refractivity contribution in [3.05, 3.63) is 72.2 Å². The van der Waals surface area contributed by atoms with E-state index in [0.29, 0.717) is 12.4 Å². The third-order valence-corrected chi connectivity index (χ3v) is 3.84. The Labute approximate surface area is 157 Å². The number of rotatable bonds is 7. The highest BCUT2D eigenvalue weighted by Crippen LogP contribution is 2.19. The second-order valence-corrected chi connectivity index (χ2v) is 5.67. The van der Waals surface area contributed by atoms with E-state index in [-0.39, 0.29) is 11.6 Å². The lowest BCUT2D eigenvalue weighted by molar-refractivity contribution is 0.0945. The van der Waals surface area contributed by atoms with E-state index in [0.717, 1.165) is 22.7 Å². The van der Waals surface area contributed by atoms with Crippen LogP contribution in [-0.4, -0.2) is 30.1 Å². The van der Waals surface area contributed by atoms with Gasteiger partial charge in [0.25, 0.3) is 5.91 Å². The van der Waals surface area contributed by atoms with Crippen LogP contribution in [-0.2, 0) is 6.54 Å². The molecule has 0 radical (unpaired) electrons. The monoisotopic (exact) mass is 364 g/mol. The molecule has 1 aromatic heterocycles. The van der Waals surface area contributed by atoms with Crippen LogP contribution in [0.3, 0.4) is 0 Å². The van der Waals surface area contributed by atoms with Crippen molar-refractivity contribution in [2.45, 2.75) is 6.54 Å². The van der Waals surface area contributed by atoms with Crippen LogP contribution in [0.4, 0.5) is 11.5 Å². The molecule has 138 valence electrons. The van der Waals surface area contributed by atoms with E-state index in [1.165, 1.54) is 12.4 Å². The standard InChI is InChI=1S/C20H20N4O3/c1-26-16-8-6-14(7-9-16)11-23-20(25)18-12-22-19(13-21-18)24-15-4-3-5-17(10-15)27-2/h3-10,12-13H,11H2,1-2H3,(H,22,24)(H,23,25). The van der Waals surface area contributed by atoms with Gasteiger partial charge in [-0.1, -0.05) is 18.2 Å². The van der Waals surface area contributed by atoms with Crippen LogP contribution in [0.25, 0.3) is 0 Å². The average Bonchev–Trinajstić information content (AvgIpc) is 2.73. The van der Waals surface area contributed by atoms with Crippen molar-refractivity contribution >= 4 is 17.4 Å². The summed E-state index contributed by atoms with van der Waals surface area (Å²) in [6.45, 7) is 0.397. The number of ether oxygens (including phenoxy) is 2. The first-order valence-electron chi connectivity index (χ1n) is 8.32. The Balaban J connectivity index is 1.57. The molecule has 0 unspecified atom stereocenters. The first-order chi connectivity index (χ1) is 13.2. The summed E-state index contributed by atoms with van der Waals surface area (Å²) in [5.74, 6) is 1.76. The van der Waals surface area contributed by atoms with Crippen LogP contribution in [0.1, 0.15) is 16.1 Å². The maximum Gasteiger partial charge on any atom is 0.271 e. The molecule has 1 heterocycles. The Morgan fingerprint density at radius 3 is 2.41 bits per heavy atom. The summed E-state index contributed by atoms with van der Waals surface area (Å²) < 4.78 is 10.3. The van der Waals surface area contributed by atoms with Crippen molar-refractivity contribution in [2.24, 2.45) is 0 Å². The number of hydrogen-bond donors (Lipinski definition) is 2. The number of carbonyl (C=O) groups excluding carboxylic acids is 1. The van der Waals surface area contributed by atoms with Gasteiger partial charge in [-0.25, -0.2) is 9.97 Å². The Bertz CT molecular complexity index is 896. The molecule has 0 bridgehead atoms. The highest BCUT2D eigenvalue weighted by Gasteiger charge is 2.08. The van der Waals surface area contributed by atoms with E-state index in [2.05, 4.69) is 20.6 Å². The van der Waals surface area contributed by atoms with E-state index in [9.17, 15) is 4.79 Å². The summed E-state index contributed by atoms with van der Waals surface area (Å²) >= 11 is 0. The maximum absolute atomic E-state index is 12.2. The molecule has 0 aliphatic heterocycles. The SMILES string of the molecule is COc1ccc(CNC(=O)c2cnc(Nc3cccc(OC)c3)cn2)cc1. The predicted molar refractivity (Wildman–Crippen MR) is 102 cm³/mol. The van der Waals surface area contributed by atoms with Crippen LogP contribution in [0.5, 0.6) is 11.5 Å². The molecule has 0 saturated carbocycles. The number of amides is 1. The number of hydrogen-bond acceptors (Lipinski definition) is 6. The third-order valence-electron chi connectivity index (χ3n) is 3.84. The fourth-order valence-corrected chi connectivity index (χ4v) is 2.37. The minimum Gasteiger partial charge on any atom is -0.497 e. The number of nitrogens with zero attached hydrogens (tertiary/aromatic N) is 2. The summed E-state index contributed by atoms with van der Waals surface area (Å²) in [6, 6.07) is 14.9. The van der Waals surface area contributed by atoms with Gasteiger partial charge < -0.3 is 20.1 Å². The number of anilines is 2. The van der Waals surface area contributed by atoms with Crippen LogP contribution < -0.4 is 20.1 Å². The van der Waals surface area contributed by atoms with Gasteiger partial charge in [-0.3, -0.25) is 4.79 Å². The van der Waals surface area contributed by atoms with Gasteiger partial charge in [0.15, 0.2) is 0 Å². The maximum atomic E-state index is 12.2. The van der Waals surface area contributed by atoms with E-state index < -0.39 is 0 Å². The zero-order valence-corrected chi connectivity index (χ0v) is 15.1. The van der Waals surface area contributed by atoms with Gasteiger partial charge in [0.2, 0.25) is 0 Å². The van der Waals surface area contributed by atoms with Crippen LogP contribution in [0, 0.1) is 0 Å². The van der Waals surface area contributed by atoms with Crippen molar-refractivity contribution in [3.63, 3.8) is 0 Å². The molecule has 0 fully saturated rings. The Kier molecular flexibility index (Phi) is 5.84. The second kappa shape index (κ2) is 8.66. The highest BCUT2D eigenvalue weighted by atomic mass is 16.5. The Morgan fingerprint density at radius 1 is 0.963 bits per heavy atom. The van der Waals surface area contributed by atoms with Crippen LogP contribution in [0.2, 0.25) is 0 Å². The molecule has 3 aromatic rings. The summed E-state index contributed by atoms with van der Waals surface area (Å²) in [5, 5.41) is 5.93. The van der Waals surface area contributed by atoms with Gasteiger partial charge in [-0.15, -0.1) is 0 Å². The van der Waals surface area contributed by atoms with Crippen molar-refractivity contribution in [1.82, 2.24) is 15.3 Å². The third kappa shape index (κ3) is 4.94. The molecule has 0 spiro atoms. The van der Waals surface area contributed by atoms with Crippen LogP contribution >= 0.6 is 0 Å².